The molecule has 0 aliphatic carbocycles. The number of nitrogens with zero attached hydrogens (tertiary/aromatic N) is 2. The van der Waals surface area contributed by atoms with Gasteiger partial charge in [0.25, 0.3) is 20.2 Å². The van der Waals surface area contributed by atoms with Crippen molar-refractivity contribution in [2.45, 2.75) is 37.5 Å². The Hall–Kier alpha value is -1.76. The lowest BCUT2D eigenvalue weighted by Crippen LogP contribution is -2.35. The summed E-state index contributed by atoms with van der Waals surface area (Å²) in [7, 11) is -9.95. The van der Waals surface area contributed by atoms with E-state index in [-0.39, 0.29) is 0 Å². The van der Waals surface area contributed by atoms with Crippen LogP contribution < -0.4 is 0 Å². The van der Waals surface area contributed by atoms with E-state index < -0.39 is 87.9 Å². The maximum absolute atomic E-state index is 12.7. The van der Waals surface area contributed by atoms with Crippen molar-refractivity contribution < 1.29 is 60.3 Å². The maximum Gasteiger partial charge on any atom is 0.331 e. The minimum absolute atomic E-state index is 1.05. The van der Waals surface area contributed by atoms with Gasteiger partial charge in [0.1, 0.15) is 18.6 Å². The molecule has 0 radical (unpaired) electrons. The summed E-state index contributed by atoms with van der Waals surface area (Å²) in [5, 5.41) is 18.1. The van der Waals surface area contributed by atoms with Crippen molar-refractivity contribution in [2.24, 2.45) is 5.41 Å². The van der Waals surface area contributed by atoms with Crippen LogP contribution in [0.3, 0.4) is 0 Å². The summed E-state index contributed by atoms with van der Waals surface area (Å²) in [5.41, 5.74) is -2.44. The third kappa shape index (κ3) is 9.93. The first-order chi connectivity index (χ1) is 13.8. The highest BCUT2D eigenvalue weighted by Crippen LogP contribution is 2.29. The summed E-state index contributed by atoms with van der Waals surface area (Å²) in [6.07, 6.45) is -10.6. The van der Waals surface area contributed by atoms with E-state index in [1.807, 2.05) is 0 Å². The number of nitriles is 2. The summed E-state index contributed by atoms with van der Waals surface area (Å²) < 4.78 is 152. The predicted octanol–water partition coefficient (Wildman–Crippen LogP) is 2.29. The third-order valence-electron chi connectivity index (χ3n) is 3.49. The Balaban J connectivity index is 5.07. The zero-order valence-electron chi connectivity index (χ0n) is 15.1. The Morgan fingerprint density at radius 3 is 1.23 bits per heavy atom. The van der Waals surface area contributed by atoms with Gasteiger partial charge in [-0.25, -0.2) is 17.6 Å². The molecule has 8 nitrogen and oxygen atoms in total. The lowest BCUT2D eigenvalue weighted by Gasteiger charge is -2.20. The molecule has 0 atom stereocenters. The Morgan fingerprint density at radius 1 is 0.710 bits per heavy atom. The van der Waals surface area contributed by atoms with Crippen LogP contribution in [0.2, 0.25) is 0 Å². The van der Waals surface area contributed by atoms with E-state index in [4.69, 9.17) is 10.5 Å². The second kappa shape index (κ2) is 10.7. The molecule has 0 aliphatic heterocycles. The van der Waals surface area contributed by atoms with E-state index in [9.17, 15) is 52.0 Å². The van der Waals surface area contributed by atoms with E-state index in [0.29, 0.717) is 0 Å². The Bertz CT molecular complexity index is 822. The van der Waals surface area contributed by atoms with Crippen molar-refractivity contribution in [3.8, 4) is 12.1 Å². The smallest absolute Gasteiger partial charge is 0.263 e. The second-order valence-corrected chi connectivity index (χ2v) is 9.50. The van der Waals surface area contributed by atoms with Crippen LogP contribution in [0.25, 0.3) is 0 Å². The van der Waals surface area contributed by atoms with Crippen molar-refractivity contribution in [1.29, 1.82) is 10.5 Å². The molecule has 0 aromatic heterocycles. The highest BCUT2D eigenvalue weighted by atomic mass is 32.2. The fraction of sp³-hybridized carbons (Fsp3) is 0.846. The second-order valence-electron chi connectivity index (χ2n) is 5.98. The Kier molecular flexibility index (Phi) is 10.1. The molecule has 18 heteroatoms. The lowest BCUT2D eigenvalue weighted by molar-refractivity contribution is -0.147. The first-order valence-corrected chi connectivity index (χ1v) is 10.9. The quantitative estimate of drug-likeness (QED) is 0.257. The van der Waals surface area contributed by atoms with E-state index in [1.165, 1.54) is 12.1 Å². The molecule has 0 amide bonds. The number of rotatable bonds is 14. The van der Waals surface area contributed by atoms with Gasteiger partial charge < -0.3 is 0 Å². The van der Waals surface area contributed by atoms with E-state index in [0.717, 1.165) is 0 Å². The van der Waals surface area contributed by atoms with Gasteiger partial charge in [-0.1, -0.05) is 0 Å². The molecule has 0 N–H and O–H groups in total. The minimum Gasteiger partial charge on any atom is -0.263 e. The van der Waals surface area contributed by atoms with Crippen LogP contribution in [0.1, 0.15) is 12.8 Å². The first-order valence-electron chi connectivity index (χ1n) is 7.72. The summed E-state index contributed by atoms with van der Waals surface area (Å²) in [6, 6.07) is 2.51. The molecule has 0 unspecified atom stereocenters. The minimum atomic E-state index is -4.97. The highest BCUT2D eigenvalue weighted by molar-refractivity contribution is 7.87. The zero-order chi connectivity index (χ0) is 24.7. The molecule has 0 spiro atoms. The standard InChI is InChI=1S/C13H14F8N2O6S2/c14-9(15)12(18,19)7-28-30(24,25)3-1-11(5-22,6-23)2-4-31(26,27)29-8-13(20,21)10(16)17/h9-10H,1-4,7-8H2. The van der Waals surface area contributed by atoms with Gasteiger partial charge in [-0.05, 0) is 12.8 Å². The molecule has 0 heterocycles. The summed E-state index contributed by atoms with van der Waals surface area (Å²) in [6.45, 7) is -4.47. The van der Waals surface area contributed by atoms with Crippen molar-refractivity contribution in [1.82, 2.24) is 0 Å². The van der Waals surface area contributed by atoms with Crippen LogP contribution in [-0.4, -0.2) is 66.3 Å². The monoisotopic (exact) mass is 510 g/mol. The topological polar surface area (TPSA) is 134 Å². The van der Waals surface area contributed by atoms with Crippen LogP contribution in [0.4, 0.5) is 35.1 Å². The fourth-order valence-corrected chi connectivity index (χ4v) is 3.66. The molecule has 0 aromatic carbocycles. The predicted molar refractivity (Wildman–Crippen MR) is 84.3 cm³/mol. The van der Waals surface area contributed by atoms with Crippen molar-refractivity contribution in [3.05, 3.63) is 0 Å². The fourth-order valence-electron chi connectivity index (χ4n) is 1.55. The molecule has 180 valence electrons. The number of hydrogen-bond donors (Lipinski definition) is 0. The van der Waals surface area contributed by atoms with E-state index >= 15 is 0 Å². The van der Waals surface area contributed by atoms with E-state index in [1.54, 1.807) is 0 Å². The average molecular weight is 510 g/mol. The maximum atomic E-state index is 12.7. The van der Waals surface area contributed by atoms with Gasteiger partial charge in [-0.3, -0.25) is 8.37 Å². The summed E-state index contributed by atoms with van der Waals surface area (Å²) >= 11 is 0. The zero-order valence-corrected chi connectivity index (χ0v) is 16.7. The molecule has 0 saturated carbocycles. The number of hydrogen-bond acceptors (Lipinski definition) is 8. The van der Waals surface area contributed by atoms with Gasteiger partial charge in [0, 0.05) is 0 Å². The largest absolute Gasteiger partial charge is 0.331 e. The molecular weight excluding hydrogens is 496 g/mol. The first kappa shape index (κ1) is 29.2. The SMILES string of the molecule is N#CC(C#N)(CCS(=O)(=O)OCC(F)(F)C(F)F)CCS(=O)(=O)OCC(F)(F)C(F)F. The van der Waals surface area contributed by atoms with Crippen molar-refractivity contribution >= 4 is 20.2 Å². The number of halogens is 8. The number of alkyl halides is 8. The highest BCUT2D eigenvalue weighted by Gasteiger charge is 2.44. The molecule has 0 aromatic rings. The van der Waals surface area contributed by atoms with Crippen LogP contribution in [0.15, 0.2) is 0 Å². The van der Waals surface area contributed by atoms with Gasteiger partial charge >= 0.3 is 24.7 Å². The van der Waals surface area contributed by atoms with Gasteiger partial charge in [0.2, 0.25) is 0 Å². The molecule has 31 heavy (non-hydrogen) atoms. The molecule has 0 aliphatic rings. The Morgan fingerprint density at radius 2 is 1.00 bits per heavy atom. The van der Waals surface area contributed by atoms with Gasteiger partial charge in [-0.15, -0.1) is 0 Å². The van der Waals surface area contributed by atoms with Crippen LogP contribution >= 0.6 is 0 Å². The van der Waals surface area contributed by atoms with E-state index in [2.05, 4.69) is 8.37 Å². The van der Waals surface area contributed by atoms with Gasteiger partial charge in [0.05, 0.1) is 23.6 Å². The summed E-state index contributed by atoms with van der Waals surface area (Å²) in [4.78, 5) is 0. The third-order valence-corrected chi connectivity index (χ3v) is 5.85. The lowest BCUT2D eigenvalue weighted by atomic mass is 9.86. The van der Waals surface area contributed by atoms with Crippen molar-refractivity contribution in [3.63, 3.8) is 0 Å². The van der Waals surface area contributed by atoms with Crippen LogP contribution in [-0.2, 0) is 28.6 Å². The Labute approximate surface area is 171 Å². The summed E-state index contributed by atoms with van der Waals surface area (Å²) in [5.74, 6) is -12.3. The molecule has 0 rings (SSSR count). The molecular formula is C13H14F8N2O6S2. The average Bonchev–Trinajstić information content (AvgIpc) is 2.66. The molecule has 0 saturated heterocycles. The van der Waals surface area contributed by atoms with Crippen LogP contribution in [0, 0.1) is 28.1 Å². The van der Waals surface area contributed by atoms with Crippen LogP contribution in [0.5, 0.6) is 0 Å². The normalized spacial score (nSPS) is 13.9. The van der Waals surface area contributed by atoms with Crippen molar-refractivity contribution in [2.75, 3.05) is 24.7 Å². The van der Waals surface area contributed by atoms with Gasteiger partial charge in [-0.2, -0.15) is 44.9 Å². The van der Waals surface area contributed by atoms with Gasteiger partial charge in [0.15, 0.2) is 0 Å². The molecule has 0 fully saturated rings. The molecule has 0 bridgehead atoms.